The maximum atomic E-state index is 11.1. The number of halogens is 2. The Kier molecular flexibility index (Phi) is 5.92. The largest absolute Gasteiger partial charge is 0.531 e. The van der Waals surface area contributed by atoms with Crippen LogP contribution in [-0.2, 0) is 18.1 Å². The average Bonchev–Trinajstić information content (AvgIpc) is 2.02. The Morgan fingerprint density at radius 1 is 1.67 bits per heavy atom. The SMILES string of the molecule is COP(=O)(OC=C(Cl)Cl)OCO. The van der Waals surface area contributed by atoms with Crippen molar-refractivity contribution in [3.63, 3.8) is 0 Å². The zero-order valence-corrected chi connectivity index (χ0v) is 8.47. The minimum Gasteiger partial charge on any atom is -0.409 e. The predicted octanol–water partition coefficient (Wildman–Crippen LogP) is 2.00. The van der Waals surface area contributed by atoms with Crippen molar-refractivity contribution in [3.8, 4) is 0 Å². The first kappa shape index (κ1) is 12.2. The van der Waals surface area contributed by atoms with Crippen LogP contribution in [0.4, 0.5) is 0 Å². The fourth-order valence-corrected chi connectivity index (χ4v) is 1.14. The zero-order valence-electron chi connectivity index (χ0n) is 6.07. The van der Waals surface area contributed by atoms with E-state index >= 15 is 0 Å². The molecule has 0 aliphatic carbocycles. The molecule has 12 heavy (non-hydrogen) atoms. The Morgan fingerprint density at radius 2 is 2.25 bits per heavy atom. The van der Waals surface area contributed by atoms with Crippen molar-refractivity contribution in [2.45, 2.75) is 0 Å². The Bertz CT molecular complexity index is 202. The molecular weight excluding hydrogens is 230 g/mol. The van der Waals surface area contributed by atoms with Crippen molar-refractivity contribution in [1.29, 1.82) is 0 Å². The average molecular weight is 237 g/mol. The first-order chi connectivity index (χ1) is 5.54. The lowest BCUT2D eigenvalue weighted by molar-refractivity contribution is 0.0566. The smallest absolute Gasteiger partial charge is 0.409 e. The minimum atomic E-state index is -3.75. The predicted molar refractivity (Wildman–Crippen MR) is 43.7 cm³/mol. The molecule has 0 aromatic rings. The van der Waals surface area contributed by atoms with Gasteiger partial charge in [0.25, 0.3) is 0 Å². The van der Waals surface area contributed by atoms with Crippen LogP contribution >= 0.6 is 31.0 Å². The number of phosphoric ester groups is 1. The Hall–Kier alpha value is 0.230. The van der Waals surface area contributed by atoms with E-state index in [0.29, 0.717) is 0 Å². The standard InChI is InChI=1S/C4H7Cl2O5P/c1-9-12(8,11-3-7)10-2-4(5)6/h2,7H,3H2,1H3. The lowest BCUT2D eigenvalue weighted by Gasteiger charge is -2.11. The quantitative estimate of drug-likeness (QED) is 0.450. The van der Waals surface area contributed by atoms with Crippen molar-refractivity contribution in [1.82, 2.24) is 0 Å². The number of phosphoric acid groups is 1. The van der Waals surface area contributed by atoms with E-state index in [9.17, 15) is 4.57 Å². The van der Waals surface area contributed by atoms with E-state index in [0.717, 1.165) is 13.4 Å². The molecule has 1 N–H and O–H groups in total. The van der Waals surface area contributed by atoms with Crippen LogP contribution in [0.15, 0.2) is 10.8 Å². The number of aliphatic hydroxyl groups excluding tert-OH is 1. The van der Waals surface area contributed by atoms with Gasteiger partial charge in [-0.3, -0.25) is 4.52 Å². The molecule has 0 aromatic heterocycles. The van der Waals surface area contributed by atoms with Gasteiger partial charge in [0.1, 0.15) is 10.8 Å². The highest BCUT2D eigenvalue weighted by Crippen LogP contribution is 2.48. The Balaban J connectivity index is 4.15. The van der Waals surface area contributed by atoms with Crippen molar-refractivity contribution >= 4 is 31.0 Å². The van der Waals surface area contributed by atoms with Crippen molar-refractivity contribution in [2.24, 2.45) is 0 Å². The summed E-state index contributed by atoms with van der Waals surface area (Å²) in [5.41, 5.74) is 0. The summed E-state index contributed by atoms with van der Waals surface area (Å²) in [4.78, 5) is 0. The normalized spacial score (nSPS) is 15.0. The van der Waals surface area contributed by atoms with Gasteiger partial charge in [-0.05, 0) is 0 Å². The summed E-state index contributed by atoms with van der Waals surface area (Å²) in [7, 11) is -2.66. The molecule has 0 saturated carbocycles. The van der Waals surface area contributed by atoms with Gasteiger partial charge in [0.2, 0.25) is 0 Å². The molecular formula is C4H7Cl2O5P. The summed E-state index contributed by atoms with van der Waals surface area (Å²) in [6, 6.07) is 0. The summed E-state index contributed by atoms with van der Waals surface area (Å²) < 4.78 is 23.8. The van der Waals surface area contributed by atoms with Gasteiger partial charge in [-0.15, -0.1) is 0 Å². The minimum absolute atomic E-state index is 0.242. The van der Waals surface area contributed by atoms with Gasteiger partial charge in [-0.1, -0.05) is 23.2 Å². The van der Waals surface area contributed by atoms with E-state index in [4.69, 9.17) is 28.3 Å². The Labute approximate surface area is 79.4 Å². The fourth-order valence-electron chi connectivity index (χ4n) is 0.301. The summed E-state index contributed by atoms with van der Waals surface area (Å²) in [5, 5.41) is 8.26. The second kappa shape index (κ2) is 5.80. The molecule has 1 unspecified atom stereocenters. The first-order valence-electron chi connectivity index (χ1n) is 2.65. The van der Waals surface area contributed by atoms with E-state index in [-0.39, 0.29) is 4.49 Å². The molecule has 0 bridgehead atoms. The van der Waals surface area contributed by atoms with Crippen LogP contribution < -0.4 is 0 Å². The van der Waals surface area contributed by atoms with E-state index in [1.807, 2.05) is 0 Å². The highest BCUT2D eigenvalue weighted by Gasteiger charge is 2.24. The summed E-state index contributed by atoms with van der Waals surface area (Å²) in [6.07, 6.45) is 0.781. The molecule has 72 valence electrons. The van der Waals surface area contributed by atoms with E-state index in [2.05, 4.69) is 13.6 Å². The highest BCUT2D eigenvalue weighted by molar-refractivity contribution is 7.48. The van der Waals surface area contributed by atoms with E-state index in [1.54, 1.807) is 0 Å². The first-order valence-corrected chi connectivity index (χ1v) is 4.86. The molecule has 1 atom stereocenters. The third kappa shape index (κ3) is 4.98. The van der Waals surface area contributed by atoms with Gasteiger partial charge in [-0.2, -0.15) is 0 Å². The summed E-state index contributed by atoms with van der Waals surface area (Å²) in [6.45, 7) is -0.793. The molecule has 0 spiro atoms. The van der Waals surface area contributed by atoms with Gasteiger partial charge in [0.15, 0.2) is 6.79 Å². The van der Waals surface area contributed by atoms with Crippen molar-refractivity contribution in [3.05, 3.63) is 10.8 Å². The van der Waals surface area contributed by atoms with Crippen molar-refractivity contribution in [2.75, 3.05) is 13.9 Å². The van der Waals surface area contributed by atoms with Crippen LogP contribution in [-0.4, -0.2) is 19.0 Å². The molecule has 0 heterocycles. The number of hydrogen-bond acceptors (Lipinski definition) is 5. The number of hydrogen-bond donors (Lipinski definition) is 1. The van der Waals surface area contributed by atoms with Gasteiger partial charge in [-0.25, -0.2) is 9.09 Å². The topological polar surface area (TPSA) is 65.0 Å². The number of aliphatic hydroxyl groups is 1. The zero-order chi connectivity index (χ0) is 9.61. The third-order valence-electron chi connectivity index (χ3n) is 0.710. The van der Waals surface area contributed by atoms with Crippen LogP contribution in [0.5, 0.6) is 0 Å². The number of rotatable bonds is 5. The monoisotopic (exact) mass is 236 g/mol. The lowest BCUT2D eigenvalue weighted by Crippen LogP contribution is -1.95. The van der Waals surface area contributed by atoms with E-state index < -0.39 is 14.6 Å². The maximum Gasteiger partial charge on any atom is 0.531 e. The maximum absolute atomic E-state index is 11.1. The summed E-state index contributed by atoms with van der Waals surface area (Å²) >= 11 is 10.3. The second-order valence-corrected chi connectivity index (χ2v) is 4.14. The van der Waals surface area contributed by atoms with Crippen LogP contribution in [0.25, 0.3) is 0 Å². The lowest BCUT2D eigenvalue weighted by atomic mass is 11.2. The van der Waals surface area contributed by atoms with Crippen molar-refractivity contribution < 1.29 is 23.2 Å². The molecule has 0 aromatic carbocycles. The molecule has 0 aliphatic rings. The molecule has 5 nitrogen and oxygen atoms in total. The molecule has 0 rings (SSSR count). The van der Waals surface area contributed by atoms with Gasteiger partial charge < -0.3 is 9.63 Å². The highest BCUT2D eigenvalue weighted by atomic mass is 35.5. The Morgan fingerprint density at radius 3 is 2.58 bits per heavy atom. The molecule has 0 fully saturated rings. The fraction of sp³-hybridized carbons (Fsp3) is 0.500. The molecule has 0 radical (unpaired) electrons. The van der Waals surface area contributed by atoms with Gasteiger partial charge in [0, 0.05) is 7.11 Å². The van der Waals surface area contributed by atoms with Crippen LogP contribution in [0.3, 0.4) is 0 Å². The summed E-state index contributed by atoms with van der Waals surface area (Å²) in [5.74, 6) is 0. The van der Waals surface area contributed by atoms with Crippen LogP contribution in [0.1, 0.15) is 0 Å². The van der Waals surface area contributed by atoms with Crippen LogP contribution in [0.2, 0.25) is 0 Å². The molecule has 8 heteroatoms. The molecule has 0 amide bonds. The second-order valence-electron chi connectivity index (χ2n) is 1.40. The van der Waals surface area contributed by atoms with Crippen LogP contribution in [0, 0.1) is 0 Å². The van der Waals surface area contributed by atoms with E-state index in [1.165, 1.54) is 0 Å². The van der Waals surface area contributed by atoms with Gasteiger partial charge in [0.05, 0.1) is 0 Å². The van der Waals surface area contributed by atoms with Gasteiger partial charge >= 0.3 is 7.82 Å². The third-order valence-corrected chi connectivity index (χ3v) is 2.13. The molecule has 0 aliphatic heterocycles. The molecule has 0 saturated heterocycles.